The number of imide groups is 1. The van der Waals surface area contributed by atoms with Crippen LogP contribution in [0.4, 0.5) is 5.69 Å². The molecule has 0 radical (unpaired) electrons. The maximum Gasteiger partial charge on any atom is 0.237 e. The summed E-state index contributed by atoms with van der Waals surface area (Å²) in [5, 5.41) is 0. The fourth-order valence-corrected chi connectivity index (χ4v) is 4.76. The Kier molecular flexibility index (Phi) is 2.91. The Bertz CT molecular complexity index is 564. The number of aryl methyl sites for hydroxylation is 1. The topological polar surface area (TPSA) is 37.4 Å². The van der Waals surface area contributed by atoms with Gasteiger partial charge in [-0.05, 0) is 55.2 Å². The van der Waals surface area contributed by atoms with E-state index in [2.05, 4.69) is 6.92 Å². The van der Waals surface area contributed by atoms with Crippen molar-refractivity contribution in [2.75, 3.05) is 4.90 Å². The van der Waals surface area contributed by atoms with Gasteiger partial charge >= 0.3 is 0 Å². The fraction of sp³-hybridized carbons (Fsp3) is 0.556. The number of hydrogen-bond donors (Lipinski definition) is 0. The summed E-state index contributed by atoms with van der Waals surface area (Å²) in [6.07, 6.45) is 5.50. The molecule has 0 aromatic heterocycles. The number of carbonyl (C=O) groups is 2. The molecule has 1 aromatic rings. The quantitative estimate of drug-likeness (QED) is 0.799. The zero-order chi connectivity index (χ0) is 14.6. The largest absolute Gasteiger partial charge is 0.274 e. The Labute approximate surface area is 125 Å². The highest BCUT2D eigenvalue weighted by Crippen LogP contribution is 2.56. The molecule has 2 saturated carbocycles. The van der Waals surface area contributed by atoms with Gasteiger partial charge in [0.05, 0.1) is 17.5 Å². The van der Waals surface area contributed by atoms with Gasteiger partial charge in [-0.3, -0.25) is 14.5 Å². The molecule has 110 valence electrons. The van der Waals surface area contributed by atoms with Crippen molar-refractivity contribution in [2.45, 2.75) is 39.0 Å². The average molecular weight is 283 g/mol. The minimum atomic E-state index is -0.0217. The fourth-order valence-electron chi connectivity index (χ4n) is 4.76. The number of rotatable bonds is 3. The van der Waals surface area contributed by atoms with Crippen LogP contribution in [0.3, 0.4) is 0 Å². The SMILES string of the molecule is CCCc1ccc(N2C(=O)[C@@H]3[C@H]4CC[C@@H](C4)[C@@H]3C2=O)cc1. The molecule has 0 unspecified atom stereocenters. The molecule has 4 rings (SSSR count). The van der Waals surface area contributed by atoms with Gasteiger partial charge in [0.1, 0.15) is 0 Å². The van der Waals surface area contributed by atoms with Crippen LogP contribution < -0.4 is 4.90 Å². The summed E-state index contributed by atoms with van der Waals surface area (Å²) in [4.78, 5) is 26.9. The predicted octanol–water partition coefficient (Wildman–Crippen LogP) is 3.17. The minimum Gasteiger partial charge on any atom is -0.274 e. The van der Waals surface area contributed by atoms with E-state index in [1.54, 1.807) is 0 Å². The second-order valence-electron chi connectivity index (χ2n) is 6.81. The number of amides is 2. The van der Waals surface area contributed by atoms with Crippen molar-refractivity contribution in [3.63, 3.8) is 0 Å². The van der Waals surface area contributed by atoms with E-state index >= 15 is 0 Å². The number of nitrogens with zero attached hydrogens (tertiary/aromatic N) is 1. The van der Waals surface area contributed by atoms with Crippen LogP contribution in [-0.2, 0) is 16.0 Å². The lowest BCUT2D eigenvalue weighted by molar-refractivity contribution is -0.123. The van der Waals surface area contributed by atoms with E-state index in [9.17, 15) is 9.59 Å². The molecular weight excluding hydrogens is 262 g/mol. The maximum absolute atomic E-state index is 12.7. The monoisotopic (exact) mass is 283 g/mol. The van der Waals surface area contributed by atoms with Crippen LogP contribution in [0.15, 0.2) is 24.3 Å². The number of benzene rings is 1. The van der Waals surface area contributed by atoms with Crippen LogP contribution in [0, 0.1) is 23.7 Å². The number of carbonyl (C=O) groups excluding carboxylic acids is 2. The van der Waals surface area contributed by atoms with Gasteiger partial charge in [-0.15, -0.1) is 0 Å². The number of hydrogen-bond acceptors (Lipinski definition) is 2. The molecule has 2 amide bonds. The van der Waals surface area contributed by atoms with Crippen LogP contribution in [0.2, 0.25) is 0 Å². The molecule has 1 saturated heterocycles. The van der Waals surface area contributed by atoms with Gasteiger partial charge in [0, 0.05) is 0 Å². The van der Waals surface area contributed by atoms with E-state index in [0.29, 0.717) is 11.8 Å². The lowest BCUT2D eigenvalue weighted by Gasteiger charge is -2.19. The normalized spacial score (nSPS) is 33.9. The lowest BCUT2D eigenvalue weighted by atomic mass is 9.81. The Hall–Kier alpha value is -1.64. The van der Waals surface area contributed by atoms with Gasteiger partial charge in [-0.25, -0.2) is 0 Å². The molecule has 1 aliphatic heterocycles. The van der Waals surface area contributed by atoms with Crippen LogP contribution >= 0.6 is 0 Å². The van der Waals surface area contributed by atoms with Gasteiger partial charge < -0.3 is 0 Å². The van der Waals surface area contributed by atoms with Crippen LogP contribution in [0.5, 0.6) is 0 Å². The third-order valence-electron chi connectivity index (χ3n) is 5.66. The molecule has 3 fully saturated rings. The molecule has 1 aromatic carbocycles. The molecule has 2 aliphatic carbocycles. The van der Waals surface area contributed by atoms with E-state index in [1.807, 2.05) is 24.3 Å². The summed E-state index contributed by atoms with van der Waals surface area (Å²) < 4.78 is 0. The Morgan fingerprint density at radius 1 is 1.00 bits per heavy atom. The summed E-state index contributed by atoms with van der Waals surface area (Å²) in [5.74, 6) is 0.987. The highest BCUT2D eigenvalue weighted by atomic mass is 16.2. The molecule has 3 aliphatic rings. The first-order valence-electron chi connectivity index (χ1n) is 8.17. The highest BCUT2D eigenvalue weighted by Gasteiger charge is 2.61. The second-order valence-corrected chi connectivity index (χ2v) is 6.81. The van der Waals surface area contributed by atoms with Crippen LogP contribution in [-0.4, -0.2) is 11.8 Å². The molecule has 21 heavy (non-hydrogen) atoms. The van der Waals surface area contributed by atoms with Gasteiger partial charge in [0.2, 0.25) is 11.8 Å². The first-order chi connectivity index (χ1) is 10.2. The van der Waals surface area contributed by atoms with Crippen molar-refractivity contribution < 1.29 is 9.59 Å². The van der Waals surface area contributed by atoms with Crippen molar-refractivity contribution in [2.24, 2.45) is 23.7 Å². The van der Waals surface area contributed by atoms with Gasteiger partial charge in [0.25, 0.3) is 0 Å². The Morgan fingerprint density at radius 2 is 1.57 bits per heavy atom. The maximum atomic E-state index is 12.7. The smallest absolute Gasteiger partial charge is 0.237 e. The van der Waals surface area contributed by atoms with Gasteiger partial charge in [0.15, 0.2) is 0 Å². The molecule has 3 nitrogen and oxygen atoms in total. The van der Waals surface area contributed by atoms with E-state index < -0.39 is 0 Å². The number of fused-ring (bicyclic) bond motifs is 5. The van der Waals surface area contributed by atoms with Crippen molar-refractivity contribution >= 4 is 17.5 Å². The van der Waals surface area contributed by atoms with E-state index in [-0.39, 0.29) is 23.7 Å². The molecule has 4 atom stereocenters. The molecule has 3 heteroatoms. The number of anilines is 1. The first-order valence-corrected chi connectivity index (χ1v) is 8.17. The lowest BCUT2D eigenvalue weighted by Crippen LogP contribution is -2.32. The van der Waals surface area contributed by atoms with Crippen molar-refractivity contribution in [3.8, 4) is 0 Å². The summed E-state index contributed by atoms with van der Waals surface area (Å²) in [5.41, 5.74) is 2.03. The van der Waals surface area contributed by atoms with Crippen molar-refractivity contribution in [1.82, 2.24) is 0 Å². The van der Waals surface area contributed by atoms with Crippen LogP contribution in [0.1, 0.15) is 38.2 Å². The molecule has 0 N–H and O–H groups in total. The third-order valence-corrected chi connectivity index (χ3v) is 5.66. The minimum absolute atomic E-state index is 0.0217. The van der Waals surface area contributed by atoms with Crippen LogP contribution in [0.25, 0.3) is 0 Å². The predicted molar refractivity (Wildman–Crippen MR) is 80.7 cm³/mol. The first kappa shape index (κ1) is 13.1. The van der Waals surface area contributed by atoms with E-state index in [0.717, 1.165) is 37.8 Å². The Morgan fingerprint density at radius 3 is 2.10 bits per heavy atom. The van der Waals surface area contributed by atoms with Gasteiger partial charge in [-0.1, -0.05) is 25.5 Å². The summed E-state index contributed by atoms with van der Waals surface area (Å²) in [7, 11) is 0. The second kappa shape index (κ2) is 4.69. The van der Waals surface area contributed by atoms with Gasteiger partial charge in [-0.2, -0.15) is 0 Å². The Balaban J connectivity index is 1.64. The zero-order valence-corrected chi connectivity index (χ0v) is 12.4. The highest BCUT2D eigenvalue weighted by molar-refractivity contribution is 6.22. The molecule has 2 bridgehead atoms. The summed E-state index contributed by atoms with van der Waals surface area (Å²) in [6.45, 7) is 2.15. The average Bonchev–Trinajstić information content (AvgIpc) is 3.15. The third kappa shape index (κ3) is 1.79. The van der Waals surface area contributed by atoms with Crippen molar-refractivity contribution in [3.05, 3.63) is 29.8 Å². The molecule has 1 heterocycles. The van der Waals surface area contributed by atoms with E-state index in [4.69, 9.17) is 0 Å². The summed E-state index contributed by atoms with van der Waals surface area (Å²) >= 11 is 0. The molecular formula is C18H21NO2. The standard InChI is InChI=1S/C18H21NO2/c1-2-3-11-4-8-14(9-5-11)19-17(20)15-12-6-7-13(10-12)16(15)18(19)21/h4-5,8-9,12-13,15-16H,2-3,6-7,10H2,1H3/t12-,13-,15-,16+/m0/s1. The molecule has 0 spiro atoms. The van der Waals surface area contributed by atoms with Crippen molar-refractivity contribution in [1.29, 1.82) is 0 Å². The summed E-state index contributed by atoms with van der Waals surface area (Å²) in [6, 6.07) is 7.96. The van der Waals surface area contributed by atoms with E-state index in [1.165, 1.54) is 10.5 Å². The zero-order valence-electron chi connectivity index (χ0n) is 12.4.